The molecule has 0 aliphatic carbocycles. The van der Waals surface area contributed by atoms with E-state index in [0.29, 0.717) is 23.7 Å². The molecule has 0 unspecified atom stereocenters. The first kappa shape index (κ1) is 13.6. The molecule has 0 saturated heterocycles. The largest absolute Gasteiger partial charge is 0.399 e. The van der Waals surface area contributed by atoms with Crippen molar-refractivity contribution in [1.82, 2.24) is 20.2 Å². The summed E-state index contributed by atoms with van der Waals surface area (Å²) in [5, 5.41) is 11.8. The highest BCUT2D eigenvalue weighted by Gasteiger charge is 2.12. The van der Waals surface area contributed by atoms with Gasteiger partial charge in [0.05, 0.1) is 6.54 Å². The number of hydrogen-bond donors (Lipinski definition) is 2. The van der Waals surface area contributed by atoms with Gasteiger partial charge in [-0.25, -0.2) is 4.68 Å². The second-order valence-electron chi connectivity index (χ2n) is 4.64. The molecule has 2 aromatic carbocycles. The summed E-state index contributed by atoms with van der Waals surface area (Å²) < 4.78 is 2.73. The van der Waals surface area contributed by atoms with E-state index < -0.39 is 0 Å². The zero-order chi connectivity index (χ0) is 14.8. The molecule has 1 aromatic heterocycles. The van der Waals surface area contributed by atoms with E-state index in [9.17, 15) is 0 Å². The van der Waals surface area contributed by atoms with Crippen LogP contribution in [0.5, 0.6) is 0 Å². The highest BCUT2D eigenvalue weighted by Crippen LogP contribution is 2.26. The smallest absolute Gasteiger partial charge is 0.184 e. The Morgan fingerprint density at radius 3 is 2.71 bits per heavy atom. The molecular weight excluding hydrogens is 332 g/mol. The first-order chi connectivity index (χ1) is 10.1. The molecule has 0 amide bonds. The van der Waals surface area contributed by atoms with Gasteiger partial charge >= 0.3 is 0 Å². The van der Waals surface area contributed by atoms with Crippen molar-refractivity contribution < 1.29 is 0 Å². The summed E-state index contributed by atoms with van der Waals surface area (Å²) in [6.07, 6.45) is 0. The molecule has 3 rings (SSSR count). The van der Waals surface area contributed by atoms with E-state index >= 15 is 0 Å². The summed E-state index contributed by atoms with van der Waals surface area (Å²) in [5.74, 6) is 0.618. The number of halogens is 1. The Balaban J connectivity index is 1.97. The van der Waals surface area contributed by atoms with E-state index in [1.165, 1.54) is 0 Å². The Morgan fingerprint density at radius 1 is 1.10 bits per heavy atom. The van der Waals surface area contributed by atoms with E-state index in [0.717, 1.165) is 15.6 Å². The Kier molecular flexibility index (Phi) is 3.57. The lowest BCUT2D eigenvalue weighted by molar-refractivity contribution is 0.653. The quantitative estimate of drug-likeness (QED) is 0.710. The van der Waals surface area contributed by atoms with Crippen molar-refractivity contribution in [3.05, 3.63) is 52.5 Å². The monoisotopic (exact) mass is 344 g/mol. The number of benzene rings is 2. The van der Waals surface area contributed by atoms with Crippen LogP contribution in [0.3, 0.4) is 0 Å². The Morgan fingerprint density at radius 2 is 1.95 bits per heavy atom. The number of anilines is 2. The second-order valence-corrected chi connectivity index (χ2v) is 5.55. The molecule has 1 heterocycles. The van der Waals surface area contributed by atoms with Gasteiger partial charge in [0, 0.05) is 21.4 Å². The molecule has 6 nitrogen and oxygen atoms in total. The van der Waals surface area contributed by atoms with Crippen LogP contribution in [0, 0.1) is 0 Å². The van der Waals surface area contributed by atoms with Gasteiger partial charge in [0.1, 0.15) is 0 Å². The fourth-order valence-electron chi connectivity index (χ4n) is 2.10. The molecule has 0 spiro atoms. The first-order valence-electron chi connectivity index (χ1n) is 6.29. The Bertz CT molecular complexity index is 783. The van der Waals surface area contributed by atoms with Crippen LogP contribution in [-0.4, -0.2) is 20.2 Å². The second kappa shape index (κ2) is 5.53. The van der Waals surface area contributed by atoms with Crippen molar-refractivity contribution in [2.45, 2.75) is 6.54 Å². The first-order valence-corrected chi connectivity index (χ1v) is 7.09. The molecule has 0 radical (unpaired) electrons. The van der Waals surface area contributed by atoms with Crippen molar-refractivity contribution in [1.29, 1.82) is 0 Å². The zero-order valence-corrected chi connectivity index (χ0v) is 12.7. The maximum absolute atomic E-state index is 6.00. The molecule has 4 N–H and O–H groups in total. The van der Waals surface area contributed by atoms with Crippen molar-refractivity contribution in [3.63, 3.8) is 0 Å². The summed E-state index contributed by atoms with van der Waals surface area (Å²) in [5.41, 5.74) is 14.7. The van der Waals surface area contributed by atoms with Gasteiger partial charge in [-0.15, -0.1) is 5.10 Å². The van der Waals surface area contributed by atoms with E-state index in [2.05, 4.69) is 31.5 Å². The molecule has 106 valence electrons. The summed E-state index contributed by atoms with van der Waals surface area (Å²) in [6, 6.07) is 13.3. The van der Waals surface area contributed by atoms with Crippen LogP contribution in [0.15, 0.2) is 46.9 Å². The van der Waals surface area contributed by atoms with Gasteiger partial charge in [-0.2, -0.15) is 0 Å². The molecule has 0 bridgehead atoms. The lowest BCUT2D eigenvalue weighted by Crippen LogP contribution is -2.05. The fraction of sp³-hybridized carbons (Fsp3) is 0.0714. The molecule has 7 heteroatoms. The van der Waals surface area contributed by atoms with E-state index in [1.807, 2.05) is 30.3 Å². The van der Waals surface area contributed by atoms with Gasteiger partial charge in [-0.1, -0.05) is 28.1 Å². The highest BCUT2D eigenvalue weighted by molar-refractivity contribution is 9.10. The number of nitrogens with two attached hydrogens (primary N) is 2. The third-order valence-electron chi connectivity index (χ3n) is 3.07. The standard InChI is InChI=1S/C14H13BrN6/c15-10-3-1-2-9(6-10)8-21-14(18-19-20-21)12-5-4-11(16)7-13(12)17/h1-7H,8,16-17H2. The van der Waals surface area contributed by atoms with Crippen LogP contribution < -0.4 is 11.5 Å². The van der Waals surface area contributed by atoms with E-state index in [1.54, 1.807) is 16.8 Å². The van der Waals surface area contributed by atoms with Crippen molar-refractivity contribution in [2.24, 2.45) is 0 Å². The summed E-state index contributed by atoms with van der Waals surface area (Å²) >= 11 is 3.45. The van der Waals surface area contributed by atoms with E-state index in [-0.39, 0.29) is 0 Å². The molecule has 21 heavy (non-hydrogen) atoms. The number of rotatable bonds is 3. The summed E-state index contributed by atoms with van der Waals surface area (Å²) in [6.45, 7) is 0.561. The van der Waals surface area contributed by atoms with Gasteiger partial charge in [-0.05, 0) is 46.3 Å². The average molecular weight is 345 g/mol. The van der Waals surface area contributed by atoms with Crippen molar-refractivity contribution in [3.8, 4) is 11.4 Å². The van der Waals surface area contributed by atoms with Crippen LogP contribution in [0.4, 0.5) is 11.4 Å². The Labute approximate surface area is 129 Å². The predicted molar refractivity (Wildman–Crippen MR) is 85.3 cm³/mol. The lowest BCUT2D eigenvalue weighted by atomic mass is 10.1. The zero-order valence-electron chi connectivity index (χ0n) is 11.1. The lowest BCUT2D eigenvalue weighted by Gasteiger charge is -2.08. The molecular formula is C14H13BrN6. The summed E-state index contributed by atoms with van der Waals surface area (Å²) in [7, 11) is 0. The number of nitrogen functional groups attached to an aromatic ring is 2. The van der Waals surface area contributed by atoms with Gasteiger partial charge in [0.25, 0.3) is 0 Å². The minimum atomic E-state index is 0.556. The van der Waals surface area contributed by atoms with Crippen molar-refractivity contribution in [2.75, 3.05) is 11.5 Å². The van der Waals surface area contributed by atoms with Gasteiger partial charge in [0.2, 0.25) is 0 Å². The van der Waals surface area contributed by atoms with Gasteiger partial charge in [0.15, 0.2) is 5.82 Å². The average Bonchev–Trinajstić information content (AvgIpc) is 2.87. The minimum Gasteiger partial charge on any atom is -0.399 e. The van der Waals surface area contributed by atoms with Crippen LogP contribution in [-0.2, 0) is 6.54 Å². The maximum Gasteiger partial charge on any atom is 0.184 e. The van der Waals surface area contributed by atoms with Crippen LogP contribution >= 0.6 is 15.9 Å². The number of aromatic nitrogens is 4. The van der Waals surface area contributed by atoms with Crippen LogP contribution in [0.25, 0.3) is 11.4 Å². The predicted octanol–water partition coefficient (Wildman–Crippen LogP) is 2.32. The topological polar surface area (TPSA) is 95.6 Å². The number of nitrogens with zero attached hydrogens (tertiary/aromatic N) is 4. The third kappa shape index (κ3) is 2.87. The normalized spacial score (nSPS) is 10.7. The van der Waals surface area contributed by atoms with Crippen LogP contribution in [0.1, 0.15) is 5.56 Å². The highest BCUT2D eigenvalue weighted by atomic mass is 79.9. The number of hydrogen-bond acceptors (Lipinski definition) is 5. The molecule has 0 aliphatic rings. The SMILES string of the molecule is Nc1ccc(-c2nnnn2Cc2cccc(Br)c2)c(N)c1. The molecule has 0 fully saturated rings. The Hall–Kier alpha value is -2.41. The fourth-order valence-corrected chi connectivity index (χ4v) is 2.54. The minimum absolute atomic E-state index is 0.556. The van der Waals surface area contributed by atoms with Crippen LogP contribution in [0.2, 0.25) is 0 Å². The van der Waals surface area contributed by atoms with Gasteiger partial charge in [-0.3, -0.25) is 0 Å². The third-order valence-corrected chi connectivity index (χ3v) is 3.56. The van der Waals surface area contributed by atoms with E-state index in [4.69, 9.17) is 11.5 Å². The maximum atomic E-state index is 6.00. The van der Waals surface area contributed by atoms with Crippen molar-refractivity contribution >= 4 is 27.3 Å². The number of tetrazole rings is 1. The molecule has 3 aromatic rings. The molecule has 0 atom stereocenters. The molecule has 0 aliphatic heterocycles. The summed E-state index contributed by atoms with van der Waals surface area (Å²) in [4.78, 5) is 0. The molecule has 0 saturated carbocycles. The van der Waals surface area contributed by atoms with Gasteiger partial charge < -0.3 is 11.5 Å².